The van der Waals surface area contributed by atoms with E-state index in [2.05, 4.69) is 4.90 Å². The number of carbonyl (C=O) groups is 1. The second-order valence-electron chi connectivity index (χ2n) is 4.87. The highest BCUT2D eigenvalue weighted by Gasteiger charge is 2.19. The summed E-state index contributed by atoms with van der Waals surface area (Å²) in [6.07, 6.45) is 0. The minimum absolute atomic E-state index is 0.170. The van der Waals surface area contributed by atoms with Gasteiger partial charge in [0.25, 0.3) is 0 Å². The van der Waals surface area contributed by atoms with Crippen molar-refractivity contribution in [1.82, 2.24) is 4.90 Å². The van der Waals surface area contributed by atoms with Crippen LogP contribution in [0.5, 0.6) is 0 Å². The van der Waals surface area contributed by atoms with Crippen LogP contribution in [0.25, 0.3) is 0 Å². The smallest absolute Gasteiger partial charge is 0.177 e. The molecule has 0 aliphatic carbocycles. The molecule has 98 valence electrons. The number of ketones is 1. The molecule has 18 heavy (non-hydrogen) atoms. The third-order valence-electron chi connectivity index (χ3n) is 3.33. The first-order valence-electron chi connectivity index (χ1n) is 6.24. The lowest BCUT2D eigenvalue weighted by molar-refractivity contribution is 0.0936. The third kappa shape index (κ3) is 3.27. The van der Waals surface area contributed by atoms with E-state index in [-0.39, 0.29) is 5.78 Å². The lowest BCUT2D eigenvalue weighted by Crippen LogP contribution is -2.40. The molecule has 3 nitrogen and oxygen atoms in total. The van der Waals surface area contributed by atoms with Crippen molar-refractivity contribution in [1.29, 1.82) is 0 Å². The van der Waals surface area contributed by atoms with Gasteiger partial charge in [0.1, 0.15) is 0 Å². The Balaban J connectivity index is 2.03. The molecule has 0 saturated carbocycles. The normalized spacial score (nSPS) is 17.9. The van der Waals surface area contributed by atoms with Crippen molar-refractivity contribution >= 4 is 16.6 Å². The van der Waals surface area contributed by atoms with Crippen molar-refractivity contribution in [2.45, 2.75) is 13.8 Å². The van der Waals surface area contributed by atoms with Crippen LogP contribution in [0.3, 0.4) is 0 Å². The molecule has 0 bridgehead atoms. The summed E-state index contributed by atoms with van der Waals surface area (Å²) in [7, 11) is -0.681. The summed E-state index contributed by atoms with van der Waals surface area (Å²) >= 11 is 0. The van der Waals surface area contributed by atoms with E-state index in [1.54, 1.807) is 0 Å². The van der Waals surface area contributed by atoms with Gasteiger partial charge in [0.05, 0.1) is 6.54 Å². The Morgan fingerprint density at radius 1 is 1.28 bits per heavy atom. The van der Waals surface area contributed by atoms with Crippen LogP contribution in [-0.2, 0) is 10.8 Å². The molecule has 0 unspecified atom stereocenters. The van der Waals surface area contributed by atoms with Gasteiger partial charge in [-0.2, -0.15) is 0 Å². The van der Waals surface area contributed by atoms with Crippen molar-refractivity contribution in [3.05, 3.63) is 34.9 Å². The summed E-state index contributed by atoms with van der Waals surface area (Å²) in [5.41, 5.74) is 2.97. The molecule has 0 aromatic heterocycles. The van der Waals surface area contributed by atoms with Crippen molar-refractivity contribution in [3.8, 4) is 0 Å². The summed E-state index contributed by atoms with van der Waals surface area (Å²) in [6.45, 7) is 5.95. The first kappa shape index (κ1) is 13.4. The molecule has 4 heteroatoms. The number of Topliss-reactive ketones (excluding diaryl/α,β-unsaturated/α-hetero) is 1. The Hall–Kier alpha value is -1.00. The first-order chi connectivity index (χ1) is 8.56. The third-order valence-corrected chi connectivity index (χ3v) is 4.61. The van der Waals surface area contributed by atoms with E-state index >= 15 is 0 Å². The lowest BCUT2D eigenvalue weighted by atomic mass is 10.0. The van der Waals surface area contributed by atoms with Gasteiger partial charge in [0.2, 0.25) is 0 Å². The van der Waals surface area contributed by atoms with E-state index in [1.807, 2.05) is 32.0 Å². The zero-order valence-electron chi connectivity index (χ0n) is 10.9. The highest BCUT2D eigenvalue weighted by molar-refractivity contribution is 7.85. The fraction of sp³-hybridized carbons (Fsp3) is 0.500. The van der Waals surface area contributed by atoms with Crippen molar-refractivity contribution in [2.24, 2.45) is 0 Å². The molecule has 0 spiro atoms. The van der Waals surface area contributed by atoms with Gasteiger partial charge in [-0.1, -0.05) is 17.7 Å². The number of aryl methyl sites for hydroxylation is 2. The van der Waals surface area contributed by atoms with Crippen molar-refractivity contribution in [2.75, 3.05) is 31.1 Å². The highest BCUT2D eigenvalue weighted by atomic mass is 32.2. The molecule has 0 radical (unpaired) electrons. The minimum atomic E-state index is -0.681. The van der Waals surface area contributed by atoms with E-state index in [9.17, 15) is 9.00 Å². The van der Waals surface area contributed by atoms with Crippen LogP contribution in [0.4, 0.5) is 0 Å². The highest BCUT2D eigenvalue weighted by Crippen LogP contribution is 2.12. The first-order valence-corrected chi connectivity index (χ1v) is 7.73. The Morgan fingerprint density at radius 2 is 1.94 bits per heavy atom. The number of hydrogen-bond acceptors (Lipinski definition) is 3. The molecular formula is C14H19NO2S. The lowest BCUT2D eigenvalue weighted by Gasteiger charge is -2.25. The van der Waals surface area contributed by atoms with Crippen LogP contribution in [0.15, 0.2) is 18.2 Å². The molecule has 1 aromatic carbocycles. The van der Waals surface area contributed by atoms with E-state index in [1.165, 1.54) is 0 Å². The summed E-state index contributed by atoms with van der Waals surface area (Å²) < 4.78 is 11.3. The Bertz CT molecular complexity index is 475. The number of hydrogen-bond donors (Lipinski definition) is 0. The van der Waals surface area contributed by atoms with Crippen LogP contribution >= 0.6 is 0 Å². The fourth-order valence-corrected chi connectivity index (χ4v) is 3.29. The van der Waals surface area contributed by atoms with Crippen LogP contribution in [0.2, 0.25) is 0 Å². The van der Waals surface area contributed by atoms with Crippen LogP contribution < -0.4 is 0 Å². The van der Waals surface area contributed by atoms with Gasteiger partial charge in [-0.3, -0.25) is 13.9 Å². The Morgan fingerprint density at radius 3 is 2.61 bits per heavy atom. The molecule has 2 rings (SSSR count). The number of carbonyl (C=O) groups excluding carboxylic acids is 1. The minimum Gasteiger partial charge on any atom is -0.294 e. The van der Waals surface area contributed by atoms with E-state index in [0.29, 0.717) is 18.1 Å². The van der Waals surface area contributed by atoms with Crippen LogP contribution in [0.1, 0.15) is 21.5 Å². The summed E-state index contributed by atoms with van der Waals surface area (Å²) in [5.74, 6) is 1.56. The molecule has 0 N–H and O–H groups in total. The zero-order valence-corrected chi connectivity index (χ0v) is 11.8. The summed E-state index contributed by atoms with van der Waals surface area (Å²) in [5, 5.41) is 0. The standard InChI is InChI=1S/C14H19NO2S/c1-11-3-4-12(2)13(9-11)14(16)10-15-5-7-18(17)8-6-15/h3-4,9H,5-8,10H2,1-2H3. The van der Waals surface area contributed by atoms with Crippen LogP contribution in [0, 0.1) is 13.8 Å². The maximum Gasteiger partial charge on any atom is 0.177 e. The molecule has 1 saturated heterocycles. The topological polar surface area (TPSA) is 37.4 Å². The molecule has 1 aromatic rings. The maximum absolute atomic E-state index is 12.2. The van der Waals surface area contributed by atoms with Gasteiger partial charge in [0, 0.05) is 41.0 Å². The number of benzene rings is 1. The quantitative estimate of drug-likeness (QED) is 0.778. The molecule has 0 amide bonds. The summed E-state index contributed by atoms with van der Waals surface area (Å²) in [6, 6.07) is 5.98. The van der Waals surface area contributed by atoms with Crippen molar-refractivity contribution in [3.63, 3.8) is 0 Å². The molecule has 0 atom stereocenters. The molecule has 1 heterocycles. The van der Waals surface area contributed by atoms with Crippen molar-refractivity contribution < 1.29 is 9.00 Å². The summed E-state index contributed by atoms with van der Waals surface area (Å²) in [4.78, 5) is 14.4. The second-order valence-corrected chi connectivity index (χ2v) is 6.56. The van der Waals surface area contributed by atoms with Crippen LogP contribution in [-0.4, -0.2) is 46.0 Å². The molecular weight excluding hydrogens is 246 g/mol. The van der Waals surface area contributed by atoms with Gasteiger partial charge in [-0.05, 0) is 25.5 Å². The SMILES string of the molecule is Cc1ccc(C)c(C(=O)CN2CCS(=O)CC2)c1. The zero-order chi connectivity index (χ0) is 13.1. The van der Waals surface area contributed by atoms with Gasteiger partial charge in [0.15, 0.2) is 5.78 Å². The number of nitrogens with zero attached hydrogens (tertiary/aromatic N) is 1. The fourth-order valence-electron chi connectivity index (χ4n) is 2.16. The average Bonchev–Trinajstić information content (AvgIpc) is 2.35. The molecule has 1 aliphatic rings. The van der Waals surface area contributed by atoms with E-state index < -0.39 is 10.8 Å². The van der Waals surface area contributed by atoms with E-state index in [0.717, 1.165) is 29.8 Å². The van der Waals surface area contributed by atoms with Gasteiger partial charge in [-0.25, -0.2) is 0 Å². The second kappa shape index (κ2) is 5.76. The molecule has 1 fully saturated rings. The van der Waals surface area contributed by atoms with E-state index in [4.69, 9.17) is 0 Å². The maximum atomic E-state index is 12.2. The van der Waals surface area contributed by atoms with Gasteiger partial charge in [-0.15, -0.1) is 0 Å². The monoisotopic (exact) mass is 265 g/mol. The Kier molecular flexibility index (Phi) is 4.30. The average molecular weight is 265 g/mol. The Labute approximate surface area is 111 Å². The number of rotatable bonds is 3. The van der Waals surface area contributed by atoms with Gasteiger partial charge >= 0.3 is 0 Å². The predicted molar refractivity (Wildman–Crippen MR) is 74.6 cm³/mol. The molecule has 1 aliphatic heterocycles. The largest absolute Gasteiger partial charge is 0.294 e. The predicted octanol–water partition coefficient (Wildman–Crippen LogP) is 1.55. The van der Waals surface area contributed by atoms with Gasteiger partial charge < -0.3 is 0 Å².